The Morgan fingerprint density at radius 3 is 2.78 bits per heavy atom. The van der Waals surface area contributed by atoms with Crippen molar-refractivity contribution in [1.82, 2.24) is 0 Å². The summed E-state index contributed by atoms with van der Waals surface area (Å²) in [6.45, 7) is 4.06. The van der Waals surface area contributed by atoms with Gasteiger partial charge in [-0.2, -0.15) is 0 Å². The Hall–Kier alpha value is -2.27. The second-order valence-corrected chi connectivity index (χ2v) is 6.71. The minimum atomic E-state index is -0.0667. The quantitative estimate of drug-likeness (QED) is 0.907. The molecule has 2 aromatic rings. The molecule has 0 saturated heterocycles. The maximum absolute atomic E-state index is 12.2. The molecule has 2 amide bonds. The predicted octanol–water partition coefficient (Wildman–Crippen LogP) is 3.53. The second kappa shape index (κ2) is 6.46. The van der Waals surface area contributed by atoms with Crippen molar-refractivity contribution in [2.75, 3.05) is 16.4 Å². The number of fused-ring (bicyclic) bond motifs is 1. The Bertz CT molecular complexity index is 787. The van der Waals surface area contributed by atoms with Crippen molar-refractivity contribution in [2.45, 2.75) is 25.2 Å². The Kier molecular flexibility index (Phi) is 4.39. The smallest absolute Gasteiger partial charge is 0.234 e. The zero-order valence-electron chi connectivity index (χ0n) is 13.1. The molecule has 1 heterocycles. The van der Waals surface area contributed by atoms with Crippen LogP contribution in [0.15, 0.2) is 41.3 Å². The normalized spacial score (nSPS) is 13.2. The minimum absolute atomic E-state index is 0.000711. The number of hydrogen-bond acceptors (Lipinski definition) is 3. The van der Waals surface area contributed by atoms with Crippen LogP contribution in [0.5, 0.6) is 0 Å². The van der Waals surface area contributed by atoms with Crippen LogP contribution < -0.4 is 10.6 Å². The third-order valence-corrected chi connectivity index (χ3v) is 4.91. The Balaban J connectivity index is 1.69. The van der Waals surface area contributed by atoms with E-state index < -0.39 is 0 Å². The van der Waals surface area contributed by atoms with Crippen molar-refractivity contribution in [3.63, 3.8) is 0 Å². The number of rotatable bonds is 3. The Labute approximate surface area is 139 Å². The molecule has 1 aliphatic heterocycles. The van der Waals surface area contributed by atoms with E-state index in [0.29, 0.717) is 5.75 Å². The lowest BCUT2D eigenvalue weighted by Gasteiger charge is -2.17. The predicted molar refractivity (Wildman–Crippen MR) is 94.0 cm³/mol. The van der Waals surface area contributed by atoms with Crippen molar-refractivity contribution in [1.29, 1.82) is 0 Å². The summed E-state index contributed by atoms with van der Waals surface area (Å²) in [7, 11) is 0. The van der Waals surface area contributed by atoms with Gasteiger partial charge in [0.1, 0.15) is 0 Å². The first-order valence-electron chi connectivity index (χ1n) is 7.44. The topological polar surface area (TPSA) is 58.2 Å². The van der Waals surface area contributed by atoms with Crippen molar-refractivity contribution in [3.05, 3.63) is 53.1 Å². The van der Waals surface area contributed by atoms with Crippen molar-refractivity contribution in [2.24, 2.45) is 0 Å². The van der Waals surface area contributed by atoms with Gasteiger partial charge in [-0.05, 0) is 54.8 Å². The number of carbonyl (C=O) groups excluding carboxylic acids is 2. The summed E-state index contributed by atoms with van der Waals surface area (Å²) < 4.78 is 0. The molecule has 4 nitrogen and oxygen atoms in total. The number of aryl methyl sites for hydroxylation is 2. The molecule has 1 aliphatic rings. The minimum Gasteiger partial charge on any atom is -0.326 e. The fourth-order valence-corrected chi connectivity index (χ4v) is 3.24. The number of nitrogens with one attached hydrogen (secondary N) is 2. The molecule has 0 spiro atoms. The Morgan fingerprint density at radius 2 is 2.00 bits per heavy atom. The van der Waals surface area contributed by atoms with Crippen LogP contribution in [0, 0.1) is 13.8 Å². The van der Waals surface area contributed by atoms with Gasteiger partial charge in [-0.3, -0.25) is 9.59 Å². The van der Waals surface area contributed by atoms with Crippen LogP contribution >= 0.6 is 11.8 Å². The number of carbonyl (C=O) groups is 2. The number of thioether (sulfide) groups is 1. The lowest BCUT2D eigenvalue weighted by atomic mass is 10.1. The highest BCUT2D eigenvalue weighted by Crippen LogP contribution is 2.32. The average Bonchev–Trinajstić information content (AvgIpc) is 2.50. The van der Waals surface area contributed by atoms with E-state index in [1.807, 2.05) is 50.2 Å². The number of anilines is 2. The fraction of sp³-hybridized carbons (Fsp3) is 0.222. The van der Waals surface area contributed by atoms with Crippen molar-refractivity contribution < 1.29 is 9.59 Å². The van der Waals surface area contributed by atoms with E-state index >= 15 is 0 Å². The van der Waals surface area contributed by atoms with E-state index in [9.17, 15) is 9.59 Å². The summed E-state index contributed by atoms with van der Waals surface area (Å²) in [5.41, 5.74) is 4.83. The first-order chi connectivity index (χ1) is 11.0. The molecule has 2 N–H and O–H groups in total. The van der Waals surface area contributed by atoms with Crippen molar-refractivity contribution in [3.8, 4) is 0 Å². The molecular formula is C18H18N2O2S. The van der Waals surface area contributed by atoms with Crippen molar-refractivity contribution >= 4 is 35.0 Å². The van der Waals surface area contributed by atoms with E-state index in [4.69, 9.17) is 0 Å². The zero-order chi connectivity index (χ0) is 16.4. The number of amides is 2. The van der Waals surface area contributed by atoms with Crippen LogP contribution in [0.4, 0.5) is 11.4 Å². The molecule has 5 heteroatoms. The third-order valence-electron chi connectivity index (χ3n) is 3.83. The van der Waals surface area contributed by atoms with Gasteiger partial charge in [0.2, 0.25) is 11.8 Å². The van der Waals surface area contributed by atoms with Gasteiger partial charge in [0.05, 0.1) is 17.9 Å². The van der Waals surface area contributed by atoms with Crippen LogP contribution in [-0.2, 0) is 16.0 Å². The summed E-state index contributed by atoms with van der Waals surface area (Å²) in [6.07, 6.45) is 0.279. The summed E-state index contributed by atoms with van der Waals surface area (Å²) in [6, 6.07) is 11.6. The van der Waals surface area contributed by atoms with Gasteiger partial charge in [0.25, 0.3) is 0 Å². The molecule has 118 valence electrons. The van der Waals surface area contributed by atoms with E-state index in [0.717, 1.165) is 27.4 Å². The largest absolute Gasteiger partial charge is 0.326 e. The molecule has 0 radical (unpaired) electrons. The molecule has 0 saturated carbocycles. The first-order valence-corrected chi connectivity index (χ1v) is 8.42. The summed E-state index contributed by atoms with van der Waals surface area (Å²) >= 11 is 1.52. The van der Waals surface area contributed by atoms with Gasteiger partial charge in [-0.1, -0.05) is 12.1 Å². The van der Waals surface area contributed by atoms with E-state index in [1.54, 1.807) is 0 Å². The summed E-state index contributed by atoms with van der Waals surface area (Å²) in [4.78, 5) is 24.7. The van der Waals surface area contributed by atoms with Crippen LogP contribution in [0.3, 0.4) is 0 Å². The highest BCUT2D eigenvalue weighted by molar-refractivity contribution is 8.00. The van der Waals surface area contributed by atoms with Gasteiger partial charge in [-0.15, -0.1) is 11.8 Å². The standard InChI is InChI=1S/C18H18N2O2S/c1-11-3-5-14(7-12(11)2)19-17(21)9-13-4-6-16-15(8-13)20-18(22)10-23-16/h3-8H,9-10H2,1-2H3,(H,19,21)(H,20,22). The third kappa shape index (κ3) is 3.74. The van der Waals surface area contributed by atoms with Gasteiger partial charge in [-0.25, -0.2) is 0 Å². The number of hydrogen-bond donors (Lipinski definition) is 2. The molecule has 3 rings (SSSR count). The van der Waals surface area contributed by atoms with Crippen LogP contribution in [0.25, 0.3) is 0 Å². The van der Waals surface area contributed by atoms with Gasteiger partial charge in [0, 0.05) is 10.6 Å². The van der Waals surface area contributed by atoms with Gasteiger partial charge >= 0.3 is 0 Å². The molecule has 0 aromatic heterocycles. The lowest BCUT2D eigenvalue weighted by Crippen LogP contribution is -2.19. The van der Waals surface area contributed by atoms with E-state index in [2.05, 4.69) is 10.6 Å². The molecule has 0 fully saturated rings. The zero-order valence-corrected chi connectivity index (χ0v) is 13.9. The van der Waals surface area contributed by atoms with Gasteiger partial charge < -0.3 is 10.6 Å². The SMILES string of the molecule is Cc1ccc(NC(=O)Cc2ccc3c(c2)NC(=O)CS3)cc1C. The maximum Gasteiger partial charge on any atom is 0.234 e. The second-order valence-electron chi connectivity index (χ2n) is 5.69. The molecular weight excluding hydrogens is 308 g/mol. The molecule has 0 aliphatic carbocycles. The van der Waals surface area contributed by atoms with Crippen LogP contribution in [0.2, 0.25) is 0 Å². The average molecular weight is 326 g/mol. The molecule has 0 unspecified atom stereocenters. The highest BCUT2D eigenvalue weighted by atomic mass is 32.2. The highest BCUT2D eigenvalue weighted by Gasteiger charge is 2.16. The van der Waals surface area contributed by atoms with Crippen LogP contribution in [-0.4, -0.2) is 17.6 Å². The van der Waals surface area contributed by atoms with E-state index in [-0.39, 0.29) is 18.2 Å². The number of benzene rings is 2. The van der Waals surface area contributed by atoms with Crippen LogP contribution in [0.1, 0.15) is 16.7 Å². The van der Waals surface area contributed by atoms with E-state index in [1.165, 1.54) is 17.3 Å². The first kappa shape index (κ1) is 15.6. The summed E-state index contributed by atoms with van der Waals surface area (Å²) in [5, 5.41) is 5.76. The molecule has 0 atom stereocenters. The fourth-order valence-electron chi connectivity index (χ4n) is 2.45. The Morgan fingerprint density at radius 1 is 1.17 bits per heavy atom. The molecule has 2 aromatic carbocycles. The maximum atomic E-state index is 12.2. The summed E-state index contributed by atoms with van der Waals surface area (Å²) in [5.74, 6) is 0.377. The molecule has 0 bridgehead atoms. The molecule has 23 heavy (non-hydrogen) atoms. The monoisotopic (exact) mass is 326 g/mol. The van der Waals surface area contributed by atoms with Gasteiger partial charge in [0.15, 0.2) is 0 Å². The lowest BCUT2D eigenvalue weighted by molar-refractivity contribution is -0.115.